The quantitative estimate of drug-likeness (QED) is 0.823. The lowest BCUT2D eigenvalue weighted by Gasteiger charge is -2.18. The van der Waals surface area contributed by atoms with Crippen LogP contribution in [0.4, 0.5) is 5.69 Å². The fourth-order valence-corrected chi connectivity index (χ4v) is 2.33. The van der Waals surface area contributed by atoms with E-state index < -0.39 is 0 Å². The van der Waals surface area contributed by atoms with Crippen molar-refractivity contribution in [1.29, 1.82) is 0 Å². The monoisotopic (exact) mass is 277 g/mol. The highest BCUT2D eigenvalue weighted by Crippen LogP contribution is 2.13. The van der Waals surface area contributed by atoms with Crippen LogP contribution in [-0.4, -0.2) is 27.8 Å². The molecule has 0 aliphatic carbocycles. The summed E-state index contributed by atoms with van der Waals surface area (Å²) in [6.07, 6.45) is 4.55. The van der Waals surface area contributed by atoms with Crippen LogP contribution in [0.25, 0.3) is 0 Å². The number of aromatic nitrogens is 1. The first-order valence-electron chi connectivity index (χ1n) is 6.87. The summed E-state index contributed by atoms with van der Waals surface area (Å²) in [5.74, 6) is -0.208. The SMILES string of the molecule is Nc1ccc(=O)n(CCCN2C(=O)CCCCC2=O)c1. The van der Waals surface area contributed by atoms with Crippen LogP contribution in [0.1, 0.15) is 32.1 Å². The number of hydrogen-bond acceptors (Lipinski definition) is 4. The van der Waals surface area contributed by atoms with Crippen molar-refractivity contribution in [2.24, 2.45) is 0 Å². The number of pyridine rings is 1. The highest BCUT2D eigenvalue weighted by Gasteiger charge is 2.23. The number of anilines is 1. The third-order valence-electron chi connectivity index (χ3n) is 3.42. The number of aryl methyl sites for hydroxylation is 1. The number of likely N-dealkylation sites (tertiary alicyclic amines) is 1. The topological polar surface area (TPSA) is 85.4 Å². The molecule has 6 nitrogen and oxygen atoms in total. The second kappa shape index (κ2) is 6.36. The summed E-state index contributed by atoms with van der Waals surface area (Å²) in [6, 6.07) is 2.97. The molecule has 6 heteroatoms. The van der Waals surface area contributed by atoms with Crippen LogP contribution in [0, 0.1) is 0 Å². The van der Waals surface area contributed by atoms with Crippen molar-refractivity contribution in [3.63, 3.8) is 0 Å². The van der Waals surface area contributed by atoms with Gasteiger partial charge in [-0.3, -0.25) is 19.3 Å². The number of rotatable bonds is 4. The fourth-order valence-electron chi connectivity index (χ4n) is 2.33. The van der Waals surface area contributed by atoms with E-state index in [1.807, 2.05) is 0 Å². The first-order valence-corrected chi connectivity index (χ1v) is 6.87. The molecular formula is C14H19N3O3. The first kappa shape index (κ1) is 14.3. The molecule has 108 valence electrons. The van der Waals surface area contributed by atoms with Crippen molar-refractivity contribution < 1.29 is 9.59 Å². The lowest BCUT2D eigenvalue weighted by atomic mass is 10.2. The summed E-state index contributed by atoms with van der Waals surface area (Å²) in [5, 5.41) is 0. The molecule has 1 aromatic rings. The largest absolute Gasteiger partial charge is 0.398 e. The van der Waals surface area contributed by atoms with Gasteiger partial charge in [0.25, 0.3) is 5.56 Å². The molecular weight excluding hydrogens is 258 g/mol. The van der Waals surface area contributed by atoms with Gasteiger partial charge in [0.05, 0.1) is 0 Å². The molecule has 1 saturated heterocycles. The van der Waals surface area contributed by atoms with E-state index in [1.165, 1.54) is 15.5 Å². The maximum absolute atomic E-state index is 11.8. The second-order valence-electron chi connectivity index (χ2n) is 4.99. The Hall–Kier alpha value is -2.11. The molecule has 1 fully saturated rings. The molecule has 1 aromatic heterocycles. The van der Waals surface area contributed by atoms with E-state index >= 15 is 0 Å². The van der Waals surface area contributed by atoms with Gasteiger partial charge in [-0.2, -0.15) is 0 Å². The fraction of sp³-hybridized carbons (Fsp3) is 0.500. The average molecular weight is 277 g/mol. The van der Waals surface area contributed by atoms with Crippen LogP contribution in [0.3, 0.4) is 0 Å². The standard InChI is InChI=1S/C14H19N3O3/c15-11-6-7-12(18)16(10-11)8-3-9-17-13(19)4-1-2-5-14(17)20/h6-7,10H,1-5,8-9,15H2. The summed E-state index contributed by atoms with van der Waals surface area (Å²) in [7, 11) is 0. The summed E-state index contributed by atoms with van der Waals surface area (Å²) in [6.45, 7) is 0.805. The zero-order valence-electron chi connectivity index (χ0n) is 11.4. The molecule has 0 unspecified atom stereocenters. The van der Waals surface area contributed by atoms with Crippen molar-refractivity contribution >= 4 is 17.5 Å². The van der Waals surface area contributed by atoms with Crippen molar-refractivity contribution in [3.05, 3.63) is 28.7 Å². The molecule has 0 saturated carbocycles. The summed E-state index contributed by atoms with van der Waals surface area (Å²) in [4.78, 5) is 36.5. The van der Waals surface area contributed by atoms with Crippen LogP contribution in [-0.2, 0) is 16.1 Å². The molecule has 1 aliphatic rings. The first-order chi connectivity index (χ1) is 9.58. The Labute approximate surface area is 117 Å². The van der Waals surface area contributed by atoms with Crippen LogP contribution >= 0.6 is 0 Å². The Bertz CT molecular complexity index is 547. The zero-order chi connectivity index (χ0) is 14.5. The number of nitrogen functional groups attached to an aromatic ring is 1. The van der Waals surface area contributed by atoms with E-state index in [-0.39, 0.29) is 17.4 Å². The number of carbonyl (C=O) groups is 2. The molecule has 0 atom stereocenters. The van der Waals surface area contributed by atoms with Crippen molar-refractivity contribution in [2.45, 2.75) is 38.6 Å². The van der Waals surface area contributed by atoms with Crippen molar-refractivity contribution in [2.75, 3.05) is 12.3 Å². The molecule has 20 heavy (non-hydrogen) atoms. The molecule has 2 heterocycles. The Morgan fingerprint density at radius 2 is 1.65 bits per heavy atom. The van der Waals surface area contributed by atoms with Crippen LogP contribution in [0.2, 0.25) is 0 Å². The number of imide groups is 1. The van der Waals surface area contributed by atoms with E-state index in [9.17, 15) is 14.4 Å². The van der Waals surface area contributed by atoms with Gasteiger partial charge in [-0.05, 0) is 25.3 Å². The molecule has 2 amide bonds. The third kappa shape index (κ3) is 3.46. The zero-order valence-corrected chi connectivity index (χ0v) is 11.4. The molecule has 0 aromatic carbocycles. The van der Waals surface area contributed by atoms with Gasteiger partial charge in [0.15, 0.2) is 0 Å². The van der Waals surface area contributed by atoms with E-state index in [2.05, 4.69) is 0 Å². The van der Waals surface area contributed by atoms with Crippen molar-refractivity contribution in [3.8, 4) is 0 Å². The summed E-state index contributed by atoms with van der Waals surface area (Å²) < 4.78 is 1.50. The van der Waals surface area contributed by atoms with Crippen LogP contribution in [0.15, 0.2) is 23.1 Å². The number of nitrogens with two attached hydrogens (primary N) is 1. The van der Waals surface area contributed by atoms with Gasteiger partial charge in [0.1, 0.15) is 0 Å². The molecule has 1 aliphatic heterocycles. The maximum atomic E-state index is 11.8. The maximum Gasteiger partial charge on any atom is 0.250 e. The van der Waals surface area contributed by atoms with Gasteiger partial charge in [-0.25, -0.2) is 0 Å². The third-order valence-corrected chi connectivity index (χ3v) is 3.42. The number of carbonyl (C=O) groups excluding carboxylic acids is 2. The number of hydrogen-bond donors (Lipinski definition) is 1. The predicted molar refractivity (Wildman–Crippen MR) is 74.9 cm³/mol. The molecule has 2 N–H and O–H groups in total. The van der Waals surface area contributed by atoms with E-state index in [4.69, 9.17) is 5.73 Å². The average Bonchev–Trinajstić information content (AvgIpc) is 2.57. The summed E-state index contributed by atoms with van der Waals surface area (Å²) >= 11 is 0. The predicted octanol–water partition coefficient (Wildman–Crippen LogP) is 0.750. The number of amides is 2. The highest BCUT2D eigenvalue weighted by molar-refractivity contribution is 5.95. The number of nitrogens with zero attached hydrogens (tertiary/aromatic N) is 2. The minimum atomic E-state index is -0.132. The van der Waals surface area contributed by atoms with E-state index in [0.29, 0.717) is 38.0 Å². The molecule has 2 rings (SSSR count). The smallest absolute Gasteiger partial charge is 0.250 e. The van der Waals surface area contributed by atoms with E-state index in [0.717, 1.165) is 12.8 Å². The van der Waals surface area contributed by atoms with Crippen LogP contribution in [0.5, 0.6) is 0 Å². The van der Waals surface area contributed by atoms with Crippen molar-refractivity contribution in [1.82, 2.24) is 9.47 Å². The minimum absolute atomic E-state index is 0.104. The normalized spacial score (nSPS) is 16.3. The molecule has 0 spiro atoms. The van der Waals surface area contributed by atoms with Gasteiger partial charge >= 0.3 is 0 Å². The van der Waals surface area contributed by atoms with Gasteiger partial charge in [-0.15, -0.1) is 0 Å². The second-order valence-corrected chi connectivity index (χ2v) is 4.99. The molecule has 0 bridgehead atoms. The Morgan fingerprint density at radius 1 is 1.00 bits per heavy atom. The van der Waals surface area contributed by atoms with Crippen LogP contribution < -0.4 is 11.3 Å². The summed E-state index contributed by atoms with van der Waals surface area (Å²) in [5.41, 5.74) is 6.02. The minimum Gasteiger partial charge on any atom is -0.398 e. The van der Waals surface area contributed by atoms with E-state index in [1.54, 1.807) is 12.3 Å². The lowest BCUT2D eigenvalue weighted by Crippen LogP contribution is -2.36. The van der Waals surface area contributed by atoms with Gasteiger partial charge < -0.3 is 10.3 Å². The van der Waals surface area contributed by atoms with Gasteiger partial charge in [-0.1, -0.05) is 0 Å². The lowest BCUT2D eigenvalue weighted by molar-refractivity contribution is -0.143. The van der Waals surface area contributed by atoms with Gasteiger partial charge in [0.2, 0.25) is 11.8 Å². The highest BCUT2D eigenvalue weighted by atomic mass is 16.2. The molecule has 0 radical (unpaired) electrons. The Kier molecular flexibility index (Phi) is 4.55. The Morgan fingerprint density at radius 3 is 2.30 bits per heavy atom. The van der Waals surface area contributed by atoms with Gasteiger partial charge in [0, 0.05) is 43.9 Å². The Balaban J connectivity index is 1.94.